The van der Waals surface area contributed by atoms with E-state index < -0.39 is 12.0 Å². The van der Waals surface area contributed by atoms with Crippen molar-refractivity contribution >= 4 is 22.6 Å². The van der Waals surface area contributed by atoms with Crippen molar-refractivity contribution in [2.75, 3.05) is 19.7 Å². The number of aromatic amines is 1. The number of fused-ring (bicyclic) bond motifs is 1. The molecule has 0 radical (unpaired) electrons. The highest BCUT2D eigenvalue weighted by Gasteiger charge is 2.35. The Morgan fingerprint density at radius 2 is 1.82 bits per heavy atom. The SMILES string of the molecule is FC(F)(F)c1nnc(-c2cc3nc(CN4CCC(Oc5ccnc(Cc6ccc(Cl)cc6)n5)CC4)n(C[C@@H]4CCO4)c3cn2)[nH]1. The fourth-order valence-electron chi connectivity index (χ4n) is 5.54. The summed E-state index contributed by atoms with van der Waals surface area (Å²) < 4.78 is 53.2. The number of benzene rings is 1. The van der Waals surface area contributed by atoms with Crippen molar-refractivity contribution in [1.82, 2.24) is 44.6 Å². The molecule has 0 saturated carbocycles. The van der Waals surface area contributed by atoms with Crippen LogP contribution in [0.2, 0.25) is 5.02 Å². The Bertz CT molecular complexity index is 1780. The summed E-state index contributed by atoms with van der Waals surface area (Å²) in [5.41, 5.74) is 2.72. The maximum Gasteiger partial charge on any atom is 0.451 e. The van der Waals surface area contributed by atoms with Crippen LogP contribution in [-0.2, 0) is 30.4 Å². The second-order valence-corrected chi connectivity index (χ2v) is 11.6. The average molecular weight is 640 g/mol. The Morgan fingerprint density at radius 1 is 1.02 bits per heavy atom. The third-order valence-corrected chi connectivity index (χ3v) is 8.29. The molecule has 1 atom stereocenters. The number of piperidine rings is 1. The maximum atomic E-state index is 13.0. The second-order valence-electron chi connectivity index (χ2n) is 11.2. The molecule has 6 heterocycles. The van der Waals surface area contributed by atoms with E-state index >= 15 is 0 Å². The monoisotopic (exact) mass is 639 g/mol. The number of nitrogens with zero attached hydrogens (tertiary/aromatic N) is 8. The van der Waals surface area contributed by atoms with E-state index in [1.165, 1.54) is 0 Å². The van der Waals surface area contributed by atoms with E-state index in [1.54, 1.807) is 24.5 Å². The predicted molar refractivity (Wildman–Crippen MR) is 157 cm³/mol. The molecule has 1 N–H and O–H groups in total. The van der Waals surface area contributed by atoms with Crippen molar-refractivity contribution < 1.29 is 22.6 Å². The van der Waals surface area contributed by atoms with Crippen LogP contribution in [0, 0.1) is 0 Å². The van der Waals surface area contributed by atoms with Gasteiger partial charge in [0, 0.05) is 43.4 Å². The summed E-state index contributed by atoms with van der Waals surface area (Å²) in [6.45, 7) is 3.56. The molecule has 0 spiro atoms. The van der Waals surface area contributed by atoms with Gasteiger partial charge in [0.15, 0.2) is 5.82 Å². The summed E-state index contributed by atoms with van der Waals surface area (Å²) in [5.74, 6) is 0.856. The van der Waals surface area contributed by atoms with E-state index in [-0.39, 0.29) is 23.7 Å². The first-order chi connectivity index (χ1) is 21.8. The molecular weight excluding hydrogens is 611 g/mol. The zero-order chi connectivity index (χ0) is 31.0. The van der Waals surface area contributed by atoms with E-state index in [9.17, 15) is 13.2 Å². The minimum atomic E-state index is -4.62. The fraction of sp³-hybridized carbons (Fsp3) is 0.400. The predicted octanol–water partition coefficient (Wildman–Crippen LogP) is 5.10. The van der Waals surface area contributed by atoms with Gasteiger partial charge in [-0.15, -0.1) is 10.2 Å². The van der Waals surface area contributed by atoms with Gasteiger partial charge in [0.25, 0.3) is 0 Å². The number of halogens is 4. The Kier molecular flexibility index (Phi) is 8.10. The summed E-state index contributed by atoms with van der Waals surface area (Å²) in [7, 11) is 0. The van der Waals surface area contributed by atoms with E-state index in [0.29, 0.717) is 41.8 Å². The lowest BCUT2D eigenvalue weighted by Crippen LogP contribution is -2.39. The van der Waals surface area contributed by atoms with Crippen molar-refractivity contribution in [1.29, 1.82) is 0 Å². The van der Waals surface area contributed by atoms with Gasteiger partial charge in [0.1, 0.15) is 23.4 Å². The van der Waals surface area contributed by atoms with Gasteiger partial charge >= 0.3 is 6.18 Å². The molecule has 0 unspecified atom stereocenters. The molecule has 15 heteroatoms. The molecule has 0 bridgehead atoms. The normalized spacial score (nSPS) is 17.9. The van der Waals surface area contributed by atoms with Gasteiger partial charge in [-0.25, -0.2) is 9.97 Å². The number of imidazole rings is 1. The van der Waals surface area contributed by atoms with Gasteiger partial charge in [0.05, 0.1) is 36.4 Å². The first-order valence-electron chi connectivity index (χ1n) is 14.7. The van der Waals surface area contributed by atoms with Gasteiger partial charge in [-0.2, -0.15) is 18.2 Å². The molecule has 11 nitrogen and oxygen atoms in total. The molecule has 1 aromatic carbocycles. The highest BCUT2D eigenvalue weighted by Crippen LogP contribution is 2.29. The molecule has 234 valence electrons. The van der Waals surface area contributed by atoms with E-state index in [0.717, 1.165) is 55.9 Å². The van der Waals surface area contributed by atoms with E-state index in [1.807, 2.05) is 24.3 Å². The summed E-state index contributed by atoms with van der Waals surface area (Å²) in [6, 6.07) is 11.0. The van der Waals surface area contributed by atoms with Crippen LogP contribution in [0.5, 0.6) is 5.88 Å². The number of rotatable bonds is 9. The number of H-pyrrole nitrogens is 1. The lowest BCUT2D eigenvalue weighted by molar-refractivity contribution is -0.144. The van der Waals surface area contributed by atoms with Crippen molar-refractivity contribution in [3.05, 3.63) is 76.9 Å². The first-order valence-corrected chi connectivity index (χ1v) is 15.1. The highest BCUT2D eigenvalue weighted by atomic mass is 35.5. The fourth-order valence-corrected chi connectivity index (χ4v) is 5.66. The Hall–Kier alpha value is -4.14. The third kappa shape index (κ3) is 6.77. The van der Waals surface area contributed by atoms with Crippen LogP contribution >= 0.6 is 11.6 Å². The number of nitrogens with one attached hydrogen (secondary N) is 1. The van der Waals surface area contributed by atoms with Gasteiger partial charge < -0.3 is 19.0 Å². The first kappa shape index (κ1) is 29.6. The number of pyridine rings is 1. The van der Waals surface area contributed by atoms with Gasteiger partial charge in [-0.05, 0) is 43.0 Å². The molecule has 2 fully saturated rings. The Balaban J connectivity index is 1.02. The number of alkyl halides is 3. The molecule has 5 aromatic rings. The Morgan fingerprint density at radius 3 is 2.53 bits per heavy atom. The summed E-state index contributed by atoms with van der Waals surface area (Å²) in [5, 5.41) is 7.55. The minimum Gasteiger partial charge on any atom is -0.474 e. The van der Waals surface area contributed by atoms with Crippen molar-refractivity contribution in [2.24, 2.45) is 0 Å². The molecular formula is C30H29ClF3N9O2. The molecule has 2 saturated heterocycles. The lowest BCUT2D eigenvalue weighted by Gasteiger charge is -2.32. The van der Waals surface area contributed by atoms with E-state index in [4.69, 9.17) is 26.1 Å². The van der Waals surface area contributed by atoms with Crippen LogP contribution in [0.25, 0.3) is 22.6 Å². The molecule has 7 rings (SSSR count). The van der Waals surface area contributed by atoms with Crippen LogP contribution in [0.15, 0.2) is 48.8 Å². The molecule has 2 aliphatic rings. The largest absolute Gasteiger partial charge is 0.474 e. The second kappa shape index (κ2) is 12.3. The number of likely N-dealkylation sites (tertiary alicyclic amines) is 1. The smallest absolute Gasteiger partial charge is 0.451 e. The van der Waals surface area contributed by atoms with Crippen LogP contribution in [0.1, 0.15) is 42.3 Å². The molecule has 4 aromatic heterocycles. The number of aromatic nitrogens is 8. The van der Waals surface area contributed by atoms with Gasteiger partial charge in [-0.3, -0.25) is 9.88 Å². The molecule has 2 aliphatic heterocycles. The summed E-state index contributed by atoms with van der Waals surface area (Å²) in [4.78, 5) is 22.8. The van der Waals surface area contributed by atoms with Gasteiger partial charge in [0.2, 0.25) is 11.7 Å². The lowest BCUT2D eigenvalue weighted by atomic mass is 10.1. The van der Waals surface area contributed by atoms with Crippen molar-refractivity contribution in [3.63, 3.8) is 0 Å². The number of hydrogen-bond donors (Lipinski definition) is 1. The summed E-state index contributed by atoms with van der Waals surface area (Å²) >= 11 is 6.00. The van der Waals surface area contributed by atoms with Crippen LogP contribution < -0.4 is 4.74 Å². The number of ether oxygens (including phenoxy) is 2. The maximum absolute atomic E-state index is 13.0. The minimum absolute atomic E-state index is 0.0250. The van der Waals surface area contributed by atoms with Crippen molar-refractivity contribution in [2.45, 2.75) is 57.2 Å². The summed E-state index contributed by atoms with van der Waals surface area (Å²) in [6.07, 6.45) is 2.01. The van der Waals surface area contributed by atoms with Crippen LogP contribution in [0.4, 0.5) is 13.2 Å². The quantitative estimate of drug-likeness (QED) is 0.235. The van der Waals surface area contributed by atoms with Crippen molar-refractivity contribution in [3.8, 4) is 17.4 Å². The Labute approximate surface area is 260 Å². The van der Waals surface area contributed by atoms with Crippen LogP contribution in [0.3, 0.4) is 0 Å². The molecule has 45 heavy (non-hydrogen) atoms. The third-order valence-electron chi connectivity index (χ3n) is 8.03. The zero-order valence-electron chi connectivity index (χ0n) is 24.0. The molecule has 0 amide bonds. The topological polar surface area (TPSA) is 120 Å². The highest BCUT2D eigenvalue weighted by molar-refractivity contribution is 6.30. The van der Waals surface area contributed by atoms with Gasteiger partial charge in [-0.1, -0.05) is 23.7 Å². The zero-order valence-corrected chi connectivity index (χ0v) is 24.8. The molecule has 0 aliphatic carbocycles. The standard InChI is InChI=1S/C30H29ClF3N9O2/c31-19-3-1-18(2-4-19)13-25-35-9-5-27(38-25)45-20-6-10-42(11-7-20)17-26-37-22-14-23(28-39-29(41-40-28)30(32,33)34)36-15-24(22)43(26)16-21-8-12-44-21/h1-5,9,14-15,20-21H,6-8,10-13,16-17H2,(H,39,40,41)/t21-/m0/s1. The average Bonchev–Trinajstić information content (AvgIpc) is 3.63. The van der Waals surface area contributed by atoms with E-state index in [2.05, 4.69) is 39.6 Å². The van der Waals surface area contributed by atoms with Crippen LogP contribution in [-0.4, -0.2) is 76.5 Å². The number of hydrogen-bond acceptors (Lipinski definition) is 9.